The number of carbonyl (C=O) groups excluding carboxylic acids is 1. The van der Waals surface area contributed by atoms with Crippen LogP contribution in [-0.2, 0) is 31.0 Å². The van der Waals surface area contributed by atoms with Crippen LogP contribution in [0.1, 0.15) is 33.3 Å². The van der Waals surface area contributed by atoms with Crippen LogP contribution in [0.4, 0.5) is 4.39 Å². The van der Waals surface area contributed by atoms with Crippen LogP contribution in [0.2, 0.25) is 0 Å². The van der Waals surface area contributed by atoms with E-state index in [0.29, 0.717) is 61.4 Å². The monoisotopic (exact) mass is 827 g/mol. The Hall–Kier alpha value is -6.07. The van der Waals surface area contributed by atoms with Crippen LogP contribution in [0.25, 0.3) is 11.4 Å². The predicted octanol–water partition coefficient (Wildman–Crippen LogP) is 6.21. The van der Waals surface area contributed by atoms with Crippen molar-refractivity contribution < 1.29 is 37.8 Å². The molecule has 6 aromatic rings. The highest BCUT2D eigenvalue weighted by Gasteiger charge is 2.21. The average Bonchev–Trinajstić information content (AvgIpc) is 4.00. The van der Waals surface area contributed by atoms with E-state index in [2.05, 4.69) is 30.6 Å². The summed E-state index contributed by atoms with van der Waals surface area (Å²) in [4.78, 5) is 26.1. The molecule has 1 amide bonds. The lowest BCUT2D eigenvalue weighted by molar-refractivity contribution is -0.122. The second-order valence-electron chi connectivity index (χ2n) is 13.4. The molecule has 2 aliphatic rings. The molecule has 4 heterocycles. The summed E-state index contributed by atoms with van der Waals surface area (Å²) >= 11 is 1.56. The van der Waals surface area contributed by atoms with Crippen molar-refractivity contribution in [3.05, 3.63) is 129 Å². The first-order valence-electron chi connectivity index (χ1n) is 18.2. The van der Waals surface area contributed by atoms with Crippen LogP contribution in [0.3, 0.4) is 0 Å². The summed E-state index contributed by atoms with van der Waals surface area (Å²) in [5, 5.41) is 21.7. The number of thiazole rings is 1. The van der Waals surface area contributed by atoms with Gasteiger partial charge in [0.25, 0.3) is 5.91 Å². The molecule has 2 aliphatic heterocycles. The number of carbonyl (C=O) groups is 1. The number of rotatable bonds is 15. The van der Waals surface area contributed by atoms with Crippen molar-refractivity contribution in [3.63, 3.8) is 0 Å². The minimum atomic E-state index is -0.305. The van der Waals surface area contributed by atoms with E-state index in [1.807, 2.05) is 52.7 Å². The molecule has 0 aliphatic carbocycles. The first-order chi connectivity index (χ1) is 27.9. The molecule has 58 heavy (non-hydrogen) atoms. The molecule has 0 bridgehead atoms. The van der Waals surface area contributed by atoms with Crippen molar-refractivity contribution in [1.29, 1.82) is 0 Å². The predicted molar refractivity (Wildman–Crippen MR) is 215 cm³/mol. The summed E-state index contributed by atoms with van der Waals surface area (Å²) in [7, 11) is 0. The fourth-order valence-electron chi connectivity index (χ4n) is 6.19. The molecule has 17 heteroatoms. The Balaban J connectivity index is 0.00000512. The first-order valence-corrected chi connectivity index (χ1v) is 19.1. The number of ether oxygens (including phenoxy) is 4. The fourth-order valence-corrected chi connectivity index (χ4v) is 7.01. The smallest absolute Gasteiger partial charge is 0.254 e. The minimum absolute atomic E-state index is 0. The number of hydrazone groups is 1. The maximum Gasteiger partial charge on any atom is 0.254 e. The fraction of sp³-hybridized carbons (Fsp3) is 0.244. The van der Waals surface area contributed by atoms with Gasteiger partial charge in [-0.25, -0.2) is 14.8 Å². The maximum atomic E-state index is 13.1. The van der Waals surface area contributed by atoms with Crippen LogP contribution in [-0.4, -0.2) is 81.7 Å². The van der Waals surface area contributed by atoms with Crippen molar-refractivity contribution >= 4 is 35.9 Å². The van der Waals surface area contributed by atoms with Crippen LogP contribution in [0.5, 0.6) is 28.7 Å². The summed E-state index contributed by atoms with van der Waals surface area (Å²) in [5.41, 5.74) is 6.63. The zero-order valence-electron chi connectivity index (χ0n) is 31.1. The maximum absolute atomic E-state index is 13.1. The van der Waals surface area contributed by atoms with Gasteiger partial charge in [0, 0.05) is 55.2 Å². The van der Waals surface area contributed by atoms with Gasteiger partial charge in [0.2, 0.25) is 18.5 Å². The standard InChI is InChI=1S/C41H38FN7O7S.ClH/c42-31-7-10-33(11-8-31)52-23-27-1-4-29(5-2-27)41-45-39(56-47-41)22-49-15-13-48(14-16-49)21-38(51)46-43-20-30-6-9-34(19-35(30)50)53-24-32-25-57-40(44-32)18-28-3-12-36-37(17-28)55-26-54-36;/h1-12,17,19-20,25,50H,13-16,18,21-24,26H2,(H,46,51);1H. The summed E-state index contributed by atoms with van der Waals surface area (Å²) in [5.74, 6) is 3.00. The zero-order valence-corrected chi connectivity index (χ0v) is 32.7. The molecule has 4 aromatic carbocycles. The zero-order chi connectivity index (χ0) is 39.0. The van der Waals surface area contributed by atoms with E-state index in [9.17, 15) is 14.3 Å². The molecule has 2 N–H and O–H groups in total. The lowest BCUT2D eigenvalue weighted by Crippen LogP contribution is -2.48. The van der Waals surface area contributed by atoms with Crippen molar-refractivity contribution in [1.82, 2.24) is 30.4 Å². The quantitative estimate of drug-likeness (QED) is 0.0894. The van der Waals surface area contributed by atoms with E-state index in [1.54, 1.807) is 35.6 Å². The molecule has 2 aromatic heterocycles. The Morgan fingerprint density at radius 2 is 1.62 bits per heavy atom. The van der Waals surface area contributed by atoms with Gasteiger partial charge >= 0.3 is 0 Å². The number of fused-ring (bicyclic) bond motifs is 1. The van der Waals surface area contributed by atoms with Crippen molar-refractivity contribution in [2.45, 2.75) is 26.2 Å². The third-order valence-corrected chi connectivity index (χ3v) is 10.2. The van der Waals surface area contributed by atoms with Crippen molar-refractivity contribution in [3.8, 4) is 40.1 Å². The lowest BCUT2D eigenvalue weighted by Gasteiger charge is -2.33. The second kappa shape index (κ2) is 18.9. The SMILES string of the molecule is Cl.O=C(CN1CCN(Cc2nc(-c3ccc(COc4ccc(F)cc4)cc3)no2)CC1)NN=Cc1ccc(OCc2csc(Cc3ccc4c(c3)OCO4)n2)cc1O. The molecule has 0 atom stereocenters. The van der Waals surface area contributed by atoms with Gasteiger partial charge < -0.3 is 28.6 Å². The molecule has 0 saturated carbocycles. The van der Waals surface area contributed by atoms with Gasteiger partial charge in [-0.3, -0.25) is 14.6 Å². The third kappa shape index (κ3) is 10.7. The summed E-state index contributed by atoms with van der Waals surface area (Å²) < 4.78 is 41.1. The van der Waals surface area contributed by atoms with Gasteiger partial charge in [0.05, 0.1) is 30.0 Å². The third-order valence-electron chi connectivity index (χ3n) is 9.26. The molecule has 0 spiro atoms. The van der Waals surface area contributed by atoms with E-state index in [4.69, 9.17) is 23.5 Å². The highest BCUT2D eigenvalue weighted by atomic mass is 35.5. The highest BCUT2D eigenvalue weighted by molar-refractivity contribution is 7.09. The number of nitrogens with one attached hydrogen (secondary N) is 1. The number of phenols is 1. The van der Waals surface area contributed by atoms with E-state index >= 15 is 0 Å². The molecule has 0 radical (unpaired) electrons. The number of phenolic OH excluding ortho intramolecular Hbond substituents is 1. The van der Waals surface area contributed by atoms with Crippen LogP contribution < -0.4 is 24.4 Å². The topological polar surface area (TPSA) is 157 Å². The molecule has 8 rings (SSSR count). The number of halogens is 2. The van der Waals surface area contributed by atoms with Gasteiger partial charge in [0.1, 0.15) is 36.3 Å². The van der Waals surface area contributed by atoms with Crippen LogP contribution in [0, 0.1) is 5.82 Å². The van der Waals surface area contributed by atoms with E-state index in [-0.39, 0.29) is 49.8 Å². The Bertz CT molecular complexity index is 2330. The molecule has 14 nitrogen and oxygen atoms in total. The highest BCUT2D eigenvalue weighted by Crippen LogP contribution is 2.33. The van der Waals surface area contributed by atoms with Gasteiger partial charge in [-0.1, -0.05) is 35.5 Å². The number of nitrogens with zero attached hydrogens (tertiary/aromatic N) is 6. The summed E-state index contributed by atoms with van der Waals surface area (Å²) in [6, 6.07) is 24.4. The van der Waals surface area contributed by atoms with E-state index < -0.39 is 0 Å². The molecule has 0 unspecified atom stereocenters. The number of aromatic nitrogens is 3. The molecule has 300 valence electrons. The molecular weight excluding hydrogens is 789 g/mol. The number of piperazine rings is 1. The van der Waals surface area contributed by atoms with Gasteiger partial charge in [-0.05, 0) is 59.7 Å². The average molecular weight is 828 g/mol. The first kappa shape index (κ1) is 40.1. The van der Waals surface area contributed by atoms with E-state index in [0.717, 1.165) is 52.0 Å². The minimum Gasteiger partial charge on any atom is -0.507 e. The van der Waals surface area contributed by atoms with Crippen molar-refractivity contribution in [2.24, 2.45) is 5.10 Å². The van der Waals surface area contributed by atoms with Gasteiger partial charge in [0.15, 0.2) is 11.5 Å². The number of hydrogen-bond acceptors (Lipinski definition) is 14. The van der Waals surface area contributed by atoms with Gasteiger partial charge in [-0.15, -0.1) is 23.7 Å². The Kier molecular flexibility index (Phi) is 13.1. The lowest BCUT2D eigenvalue weighted by atomic mass is 10.1. The largest absolute Gasteiger partial charge is 0.507 e. The Labute approximate surface area is 343 Å². The van der Waals surface area contributed by atoms with Gasteiger partial charge in [-0.2, -0.15) is 10.1 Å². The Morgan fingerprint density at radius 1 is 0.879 bits per heavy atom. The summed E-state index contributed by atoms with van der Waals surface area (Å²) in [6.45, 7) is 4.36. The number of hydrogen-bond donors (Lipinski definition) is 2. The number of benzene rings is 4. The van der Waals surface area contributed by atoms with Crippen LogP contribution >= 0.6 is 23.7 Å². The number of aromatic hydroxyl groups is 1. The normalized spacial score (nSPS) is 14.0. The summed E-state index contributed by atoms with van der Waals surface area (Å²) in [6.07, 6.45) is 2.07. The molecule has 1 fully saturated rings. The van der Waals surface area contributed by atoms with Crippen LogP contribution in [0.15, 0.2) is 99.9 Å². The van der Waals surface area contributed by atoms with Crippen molar-refractivity contribution in [2.75, 3.05) is 39.5 Å². The molecule has 1 saturated heterocycles. The second-order valence-corrected chi connectivity index (χ2v) is 14.3. The molecular formula is C41H39ClFN7O7S. The number of amides is 1. The van der Waals surface area contributed by atoms with E-state index in [1.165, 1.54) is 24.4 Å². The Morgan fingerprint density at radius 3 is 2.43 bits per heavy atom.